The number of halogens is 2. The Morgan fingerprint density at radius 2 is 1.73 bits per heavy atom. The first-order chi connectivity index (χ1) is 17.7. The van der Waals surface area contributed by atoms with Crippen molar-refractivity contribution in [1.29, 1.82) is 0 Å². The van der Waals surface area contributed by atoms with Gasteiger partial charge < -0.3 is 20.6 Å². The van der Waals surface area contributed by atoms with Crippen molar-refractivity contribution in [3.63, 3.8) is 0 Å². The summed E-state index contributed by atoms with van der Waals surface area (Å²) in [6.07, 6.45) is 0.569. The Bertz CT molecular complexity index is 1200. The molecule has 0 radical (unpaired) electrons. The maximum absolute atomic E-state index is 14.2. The minimum absolute atomic E-state index is 0.0366. The number of nitrogens with zero attached hydrogens (tertiary/aromatic N) is 1. The normalized spacial score (nSPS) is 30.9. The van der Waals surface area contributed by atoms with Gasteiger partial charge in [-0.05, 0) is 48.7 Å². The second-order valence-electron chi connectivity index (χ2n) is 10.3. The Labute approximate surface area is 233 Å². The number of thioether (sulfide) groups is 1. The van der Waals surface area contributed by atoms with Crippen LogP contribution >= 0.6 is 39.3 Å². The third kappa shape index (κ3) is 4.47. The zero-order chi connectivity index (χ0) is 26.5. The second kappa shape index (κ2) is 10.2. The molecular formula is C27H29BrClN3O4S. The number of benzene rings is 2. The molecule has 3 fully saturated rings. The molecule has 1 spiro atoms. The van der Waals surface area contributed by atoms with Crippen molar-refractivity contribution < 1.29 is 19.5 Å². The summed E-state index contributed by atoms with van der Waals surface area (Å²) in [5.41, 5.74) is 1.23. The van der Waals surface area contributed by atoms with E-state index in [1.165, 1.54) is 0 Å². The van der Waals surface area contributed by atoms with Gasteiger partial charge in [0.25, 0.3) is 0 Å². The maximum atomic E-state index is 14.2. The van der Waals surface area contributed by atoms with Crippen molar-refractivity contribution in [2.24, 2.45) is 17.8 Å². The largest absolute Gasteiger partial charge is 0.394 e. The molecular weight excluding hydrogens is 578 g/mol. The van der Waals surface area contributed by atoms with Crippen LogP contribution in [0.1, 0.15) is 20.3 Å². The number of aliphatic hydroxyl groups excluding tert-OH is 1. The van der Waals surface area contributed by atoms with E-state index in [1.807, 2.05) is 44.2 Å². The third-order valence-electron chi connectivity index (χ3n) is 7.75. The number of nitrogens with one attached hydrogen (secondary N) is 2. The van der Waals surface area contributed by atoms with Crippen molar-refractivity contribution in [3.05, 3.63) is 59.6 Å². The quantitative estimate of drug-likeness (QED) is 0.406. The van der Waals surface area contributed by atoms with Crippen molar-refractivity contribution in [3.8, 4) is 0 Å². The standard InChI is InChI=1S/C27H29BrClN3O4S/c1-14(2)19(13-33)32-23(25(35)31-17-10-8-15(29)9-11-17)27-12-18(28)22(37-27)20(21(27)26(32)36)24(34)30-16-6-4-3-5-7-16/h3-11,14,18-23,33H,12-13H2,1-2H3,(H,30,34)(H,31,35)/t18?,19-,20+,21-,22+,23?,27?/m0/s1. The fourth-order valence-corrected chi connectivity index (χ4v) is 9.86. The molecule has 3 saturated heterocycles. The number of hydrogen-bond acceptors (Lipinski definition) is 5. The number of carbonyl (C=O) groups excluding carboxylic acids is 3. The van der Waals surface area contributed by atoms with Crippen LogP contribution < -0.4 is 10.6 Å². The van der Waals surface area contributed by atoms with Gasteiger partial charge >= 0.3 is 0 Å². The maximum Gasteiger partial charge on any atom is 0.248 e. The molecule has 0 saturated carbocycles. The number of rotatable bonds is 7. The summed E-state index contributed by atoms with van der Waals surface area (Å²) in [6.45, 7) is 3.57. The van der Waals surface area contributed by atoms with Gasteiger partial charge in [-0.1, -0.05) is 59.6 Å². The number of carbonyl (C=O) groups is 3. The van der Waals surface area contributed by atoms with E-state index < -0.39 is 28.7 Å². The van der Waals surface area contributed by atoms with Crippen LogP contribution in [0.2, 0.25) is 5.02 Å². The Hall–Kier alpha value is -2.07. The van der Waals surface area contributed by atoms with Crippen molar-refractivity contribution in [2.45, 2.75) is 47.2 Å². The summed E-state index contributed by atoms with van der Waals surface area (Å²) in [5, 5.41) is 16.7. The van der Waals surface area contributed by atoms with Crippen molar-refractivity contribution in [2.75, 3.05) is 17.2 Å². The van der Waals surface area contributed by atoms with E-state index >= 15 is 0 Å². The van der Waals surface area contributed by atoms with Gasteiger partial charge in [0.05, 0.1) is 29.2 Å². The average molecular weight is 607 g/mol. The number of anilines is 2. The Kier molecular flexibility index (Phi) is 7.35. The molecule has 2 aromatic carbocycles. The molecule has 3 aliphatic heterocycles. The van der Waals surface area contributed by atoms with Crippen molar-refractivity contribution >= 4 is 68.4 Å². The van der Waals surface area contributed by atoms with Crippen LogP contribution in [0.3, 0.4) is 0 Å². The molecule has 7 atom stereocenters. The summed E-state index contributed by atoms with van der Waals surface area (Å²) in [5.74, 6) is -2.17. The fourth-order valence-electron chi connectivity index (χ4n) is 6.14. The smallest absolute Gasteiger partial charge is 0.248 e. The highest BCUT2D eigenvalue weighted by Crippen LogP contribution is 2.68. The first-order valence-corrected chi connectivity index (χ1v) is 14.5. The predicted molar refractivity (Wildman–Crippen MR) is 150 cm³/mol. The third-order valence-corrected chi connectivity index (χ3v) is 11.2. The lowest BCUT2D eigenvalue weighted by atomic mass is 9.70. The summed E-state index contributed by atoms with van der Waals surface area (Å²) >= 11 is 11.4. The van der Waals surface area contributed by atoms with E-state index in [0.29, 0.717) is 22.8 Å². The number of likely N-dealkylation sites (tertiary alicyclic amines) is 1. The van der Waals surface area contributed by atoms with Crippen LogP contribution in [-0.4, -0.2) is 61.2 Å². The summed E-state index contributed by atoms with van der Waals surface area (Å²) in [4.78, 5) is 43.3. The Morgan fingerprint density at radius 1 is 1.11 bits per heavy atom. The lowest BCUT2D eigenvalue weighted by molar-refractivity contribution is -0.142. The highest BCUT2D eigenvalue weighted by molar-refractivity contribution is 9.09. The molecule has 0 aliphatic carbocycles. The Morgan fingerprint density at radius 3 is 2.35 bits per heavy atom. The molecule has 3 heterocycles. The number of para-hydroxylation sites is 1. The van der Waals surface area contributed by atoms with E-state index in [2.05, 4.69) is 26.6 Å². The van der Waals surface area contributed by atoms with E-state index in [-0.39, 0.29) is 40.3 Å². The van der Waals surface area contributed by atoms with E-state index in [4.69, 9.17) is 11.6 Å². The fraction of sp³-hybridized carbons (Fsp3) is 0.444. The molecule has 3 aliphatic rings. The van der Waals surface area contributed by atoms with Gasteiger partial charge in [0, 0.05) is 26.5 Å². The van der Waals surface area contributed by atoms with Gasteiger partial charge in [0.15, 0.2) is 0 Å². The molecule has 5 rings (SSSR count). The molecule has 7 nitrogen and oxygen atoms in total. The predicted octanol–water partition coefficient (Wildman–Crippen LogP) is 4.40. The summed E-state index contributed by atoms with van der Waals surface area (Å²) in [7, 11) is 0. The first kappa shape index (κ1) is 26.5. The van der Waals surface area contributed by atoms with E-state index in [0.717, 1.165) is 0 Å². The summed E-state index contributed by atoms with van der Waals surface area (Å²) < 4.78 is -0.798. The highest BCUT2D eigenvalue weighted by atomic mass is 79.9. The van der Waals surface area contributed by atoms with Crippen LogP contribution in [-0.2, 0) is 14.4 Å². The topological polar surface area (TPSA) is 98.7 Å². The van der Waals surface area contributed by atoms with Gasteiger partial charge in [0.1, 0.15) is 6.04 Å². The van der Waals surface area contributed by atoms with Gasteiger partial charge in [-0.25, -0.2) is 0 Å². The molecule has 3 amide bonds. The SMILES string of the molecule is CC(C)[C@H](CO)N1C(=O)[C@@H]2[C@@H](C(=O)Nc3ccccc3)[C@@H]3SC2(CC3Br)C1C(=O)Nc1ccc(Cl)cc1. The lowest BCUT2D eigenvalue weighted by Crippen LogP contribution is -2.56. The number of fused-ring (bicyclic) bond motifs is 1. The minimum Gasteiger partial charge on any atom is -0.394 e. The molecule has 37 heavy (non-hydrogen) atoms. The lowest BCUT2D eigenvalue weighted by Gasteiger charge is -2.38. The van der Waals surface area contributed by atoms with Crippen LogP contribution in [0.15, 0.2) is 54.6 Å². The highest BCUT2D eigenvalue weighted by Gasteiger charge is 2.76. The first-order valence-electron chi connectivity index (χ1n) is 12.3. The number of alkyl halides is 1. The second-order valence-corrected chi connectivity index (χ2v) is 13.4. The minimum atomic E-state index is -0.843. The van der Waals surface area contributed by atoms with Gasteiger partial charge in [-0.15, -0.1) is 11.8 Å². The molecule has 2 aromatic rings. The monoisotopic (exact) mass is 605 g/mol. The molecule has 2 bridgehead atoms. The molecule has 3 unspecified atom stereocenters. The Balaban J connectivity index is 1.54. The van der Waals surface area contributed by atoms with Crippen molar-refractivity contribution in [1.82, 2.24) is 4.90 Å². The zero-order valence-electron chi connectivity index (χ0n) is 20.4. The van der Waals surface area contributed by atoms with E-state index in [9.17, 15) is 19.5 Å². The number of aliphatic hydroxyl groups is 1. The molecule has 10 heteroatoms. The molecule has 0 aromatic heterocycles. The van der Waals surface area contributed by atoms with Crippen LogP contribution in [0.25, 0.3) is 0 Å². The molecule has 3 N–H and O–H groups in total. The zero-order valence-corrected chi connectivity index (χ0v) is 23.6. The van der Waals surface area contributed by atoms with Crippen LogP contribution in [0.4, 0.5) is 11.4 Å². The number of hydrogen-bond donors (Lipinski definition) is 3. The van der Waals surface area contributed by atoms with Gasteiger partial charge in [-0.2, -0.15) is 0 Å². The molecule has 196 valence electrons. The van der Waals surface area contributed by atoms with Gasteiger partial charge in [-0.3, -0.25) is 14.4 Å². The van der Waals surface area contributed by atoms with Crippen LogP contribution in [0.5, 0.6) is 0 Å². The number of amides is 3. The van der Waals surface area contributed by atoms with Crippen LogP contribution in [0, 0.1) is 17.8 Å². The summed E-state index contributed by atoms with van der Waals surface area (Å²) in [6, 6.07) is 14.6. The average Bonchev–Trinajstić information content (AvgIpc) is 3.45. The van der Waals surface area contributed by atoms with E-state index in [1.54, 1.807) is 40.9 Å². The van der Waals surface area contributed by atoms with Gasteiger partial charge in [0.2, 0.25) is 17.7 Å².